The summed E-state index contributed by atoms with van der Waals surface area (Å²) < 4.78 is 2.68. The van der Waals surface area contributed by atoms with Crippen molar-refractivity contribution in [3.05, 3.63) is 47.0 Å². The first-order chi connectivity index (χ1) is 9.17. The number of carbonyl (C=O) groups is 1. The first-order valence-corrected chi connectivity index (χ1v) is 6.73. The average molecular weight is 323 g/mol. The van der Waals surface area contributed by atoms with Crippen LogP contribution in [0.25, 0.3) is 0 Å². The summed E-state index contributed by atoms with van der Waals surface area (Å²) in [4.78, 5) is 16.0. The van der Waals surface area contributed by atoms with E-state index in [4.69, 9.17) is 5.73 Å². The van der Waals surface area contributed by atoms with Gasteiger partial charge in [-0.25, -0.2) is 4.98 Å². The molecule has 0 saturated carbocycles. The molecule has 0 fully saturated rings. The van der Waals surface area contributed by atoms with E-state index in [0.717, 1.165) is 22.3 Å². The Bertz CT molecular complexity index is 567. The Balaban J connectivity index is 1.93. The van der Waals surface area contributed by atoms with Crippen LogP contribution < -0.4 is 11.1 Å². The molecule has 1 heterocycles. The minimum atomic E-state index is -0.0881. The first-order valence-electron chi connectivity index (χ1n) is 5.93. The van der Waals surface area contributed by atoms with Gasteiger partial charge in [-0.2, -0.15) is 0 Å². The third-order valence-corrected chi connectivity index (χ3v) is 3.02. The van der Waals surface area contributed by atoms with Crippen LogP contribution in [0.5, 0.6) is 0 Å². The summed E-state index contributed by atoms with van der Waals surface area (Å²) in [6, 6.07) is 7.48. The third kappa shape index (κ3) is 4.18. The van der Waals surface area contributed by atoms with Crippen LogP contribution in [0.2, 0.25) is 0 Å². The molecule has 1 aromatic heterocycles. The van der Waals surface area contributed by atoms with Gasteiger partial charge < -0.3 is 15.6 Å². The van der Waals surface area contributed by atoms with Gasteiger partial charge in [0.15, 0.2) is 0 Å². The van der Waals surface area contributed by atoms with E-state index in [9.17, 15) is 4.79 Å². The smallest absolute Gasteiger partial charge is 0.244 e. The Morgan fingerprint density at radius 1 is 1.47 bits per heavy atom. The lowest BCUT2D eigenvalue weighted by atomic mass is 10.3. The van der Waals surface area contributed by atoms with Gasteiger partial charge in [-0.1, -0.05) is 22.0 Å². The molecule has 100 valence electrons. The molecule has 0 atom stereocenters. The van der Waals surface area contributed by atoms with E-state index in [2.05, 4.69) is 26.2 Å². The van der Waals surface area contributed by atoms with Gasteiger partial charge in [0.2, 0.25) is 5.91 Å². The van der Waals surface area contributed by atoms with Crippen molar-refractivity contribution in [2.24, 2.45) is 5.73 Å². The second-order valence-electron chi connectivity index (χ2n) is 4.13. The minimum Gasteiger partial charge on any atom is -0.330 e. The number of nitrogens with two attached hydrogens (primary N) is 1. The minimum absolute atomic E-state index is 0.0881. The lowest BCUT2D eigenvalue weighted by Crippen LogP contribution is -2.17. The number of amides is 1. The lowest BCUT2D eigenvalue weighted by Gasteiger charge is -2.05. The number of anilines is 1. The quantitative estimate of drug-likeness (QED) is 0.881. The molecular formula is C13H15BrN4O. The second kappa shape index (κ2) is 6.49. The number of aromatic nitrogens is 2. The van der Waals surface area contributed by atoms with Crippen molar-refractivity contribution >= 4 is 27.5 Å². The molecule has 2 rings (SSSR count). The molecular weight excluding hydrogens is 308 g/mol. The fourth-order valence-corrected chi connectivity index (χ4v) is 2.10. The molecule has 0 unspecified atom stereocenters. The Hall–Kier alpha value is -1.66. The molecule has 19 heavy (non-hydrogen) atoms. The van der Waals surface area contributed by atoms with Gasteiger partial charge in [-0.15, -0.1) is 0 Å². The molecule has 3 N–H and O–H groups in total. The zero-order chi connectivity index (χ0) is 13.7. The second-order valence-corrected chi connectivity index (χ2v) is 5.05. The predicted molar refractivity (Wildman–Crippen MR) is 77.8 cm³/mol. The van der Waals surface area contributed by atoms with Gasteiger partial charge in [-0.3, -0.25) is 4.79 Å². The number of rotatable bonds is 5. The molecule has 2 aromatic rings. The zero-order valence-corrected chi connectivity index (χ0v) is 11.9. The number of halogens is 1. The van der Waals surface area contributed by atoms with Crippen molar-refractivity contribution < 1.29 is 4.79 Å². The zero-order valence-electron chi connectivity index (χ0n) is 10.3. The van der Waals surface area contributed by atoms with Gasteiger partial charge in [0.1, 0.15) is 6.54 Å². The maximum absolute atomic E-state index is 11.9. The average Bonchev–Trinajstić information content (AvgIpc) is 2.77. The Morgan fingerprint density at radius 2 is 2.32 bits per heavy atom. The highest BCUT2D eigenvalue weighted by Gasteiger charge is 2.05. The summed E-state index contributed by atoms with van der Waals surface area (Å²) in [5.74, 6) is -0.0881. The van der Waals surface area contributed by atoms with Crippen molar-refractivity contribution in [3.63, 3.8) is 0 Å². The molecule has 1 amide bonds. The number of benzene rings is 1. The van der Waals surface area contributed by atoms with Gasteiger partial charge in [0.25, 0.3) is 0 Å². The summed E-state index contributed by atoms with van der Waals surface area (Å²) in [6.45, 7) is 0.797. The maximum Gasteiger partial charge on any atom is 0.244 e. The van der Waals surface area contributed by atoms with Crippen LogP contribution in [0.15, 0.2) is 41.3 Å². The fourth-order valence-electron chi connectivity index (χ4n) is 1.70. The Labute approximate surface area is 120 Å². The predicted octanol–water partition coefficient (Wildman–Crippen LogP) is 1.79. The third-order valence-electron chi connectivity index (χ3n) is 2.52. The molecule has 1 aromatic carbocycles. The van der Waals surface area contributed by atoms with Crippen LogP contribution >= 0.6 is 15.9 Å². The standard InChI is InChI=1S/C13H15BrN4O/c14-10-2-1-3-11(6-10)17-13(19)8-18-7-12(4-5-15)16-9-18/h1-3,6-7,9H,4-5,8,15H2,(H,17,19). The highest BCUT2D eigenvalue weighted by molar-refractivity contribution is 9.10. The van der Waals surface area contributed by atoms with Gasteiger partial charge in [-0.05, 0) is 24.7 Å². The van der Waals surface area contributed by atoms with E-state index in [1.54, 1.807) is 10.9 Å². The SMILES string of the molecule is NCCc1cn(CC(=O)Nc2cccc(Br)c2)cn1. The van der Waals surface area contributed by atoms with Crippen molar-refractivity contribution in [3.8, 4) is 0 Å². The molecule has 0 aliphatic carbocycles. The van der Waals surface area contributed by atoms with E-state index in [0.29, 0.717) is 6.54 Å². The largest absolute Gasteiger partial charge is 0.330 e. The number of carbonyl (C=O) groups excluding carboxylic acids is 1. The lowest BCUT2D eigenvalue weighted by molar-refractivity contribution is -0.116. The summed E-state index contributed by atoms with van der Waals surface area (Å²) in [7, 11) is 0. The number of hydrogen-bond donors (Lipinski definition) is 2. The molecule has 0 aliphatic rings. The van der Waals surface area contributed by atoms with Gasteiger partial charge >= 0.3 is 0 Å². The number of nitrogens with zero attached hydrogens (tertiary/aromatic N) is 2. The van der Waals surface area contributed by atoms with Crippen LogP contribution in [-0.2, 0) is 17.8 Å². The molecule has 0 bridgehead atoms. The molecule has 6 heteroatoms. The molecule has 0 aliphatic heterocycles. The maximum atomic E-state index is 11.9. The summed E-state index contributed by atoms with van der Waals surface area (Å²) in [6.07, 6.45) is 4.21. The molecule has 0 spiro atoms. The Kier molecular flexibility index (Phi) is 4.70. The Morgan fingerprint density at radius 3 is 3.05 bits per heavy atom. The number of hydrogen-bond acceptors (Lipinski definition) is 3. The van der Waals surface area contributed by atoms with E-state index in [1.807, 2.05) is 30.5 Å². The van der Waals surface area contributed by atoms with Crippen LogP contribution in [0.3, 0.4) is 0 Å². The highest BCUT2D eigenvalue weighted by Crippen LogP contribution is 2.15. The van der Waals surface area contributed by atoms with E-state index in [1.165, 1.54) is 0 Å². The summed E-state index contributed by atoms with van der Waals surface area (Å²) in [5, 5.41) is 2.83. The molecule has 5 nitrogen and oxygen atoms in total. The fraction of sp³-hybridized carbons (Fsp3) is 0.231. The van der Waals surface area contributed by atoms with Crippen molar-refractivity contribution in [2.75, 3.05) is 11.9 Å². The monoisotopic (exact) mass is 322 g/mol. The van der Waals surface area contributed by atoms with Gasteiger partial charge in [0, 0.05) is 22.8 Å². The first kappa shape index (κ1) is 13.8. The highest BCUT2D eigenvalue weighted by atomic mass is 79.9. The van der Waals surface area contributed by atoms with Gasteiger partial charge in [0.05, 0.1) is 12.0 Å². The van der Waals surface area contributed by atoms with E-state index >= 15 is 0 Å². The van der Waals surface area contributed by atoms with E-state index < -0.39 is 0 Å². The van der Waals surface area contributed by atoms with Crippen LogP contribution in [0.1, 0.15) is 5.69 Å². The van der Waals surface area contributed by atoms with Crippen molar-refractivity contribution in [1.29, 1.82) is 0 Å². The normalized spacial score (nSPS) is 10.4. The van der Waals surface area contributed by atoms with Crippen LogP contribution in [0, 0.1) is 0 Å². The number of imidazole rings is 1. The van der Waals surface area contributed by atoms with Crippen LogP contribution in [0.4, 0.5) is 5.69 Å². The van der Waals surface area contributed by atoms with Crippen molar-refractivity contribution in [1.82, 2.24) is 9.55 Å². The topological polar surface area (TPSA) is 72.9 Å². The van der Waals surface area contributed by atoms with E-state index in [-0.39, 0.29) is 12.5 Å². The summed E-state index contributed by atoms with van der Waals surface area (Å²) in [5.41, 5.74) is 7.12. The van der Waals surface area contributed by atoms with Crippen LogP contribution in [-0.4, -0.2) is 22.0 Å². The molecule has 0 saturated heterocycles. The summed E-state index contributed by atoms with van der Waals surface area (Å²) >= 11 is 3.36. The molecule has 0 radical (unpaired) electrons. The number of nitrogens with one attached hydrogen (secondary N) is 1. The van der Waals surface area contributed by atoms with Crippen molar-refractivity contribution in [2.45, 2.75) is 13.0 Å².